The highest BCUT2D eigenvalue weighted by Gasteiger charge is 2.40. The van der Waals surface area contributed by atoms with Gasteiger partial charge >= 0.3 is 0 Å². The smallest absolute Gasteiger partial charge is 0.243 e. The number of nitrogens with zero attached hydrogens (tertiary/aromatic N) is 3. The zero-order valence-corrected chi connectivity index (χ0v) is 21.9. The maximum absolute atomic E-state index is 13.5. The third-order valence-corrected chi connectivity index (χ3v) is 7.75. The van der Waals surface area contributed by atoms with Crippen molar-refractivity contribution in [2.24, 2.45) is 5.92 Å². The van der Waals surface area contributed by atoms with Crippen molar-refractivity contribution in [2.45, 2.75) is 72.4 Å². The summed E-state index contributed by atoms with van der Waals surface area (Å²) < 4.78 is 5.44. The lowest BCUT2D eigenvalue weighted by atomic mass is 9.91. The molecule has 1 aliphatic heterocycles. The van der Waals surface area contributed by atoms with Crippen molar-refractivity contribution < 1.29 is 14.1 Å². The van der Waals surface area contributed by atoms with Crippen molar-refractivity contribution in [2.75, 3.05) is 6.54 Å². The van der Waals surface area contributed by atoms with Crippen LogP contribution in [0.4, 0.5) is 0 Å². The minimum absolute atomic E-state index is 0.0342. The Labute approximate surface area is 210 Å². The predicted octanol–water partition coefficient (Wildman–Crippen LogP) is 5.02. The van der Waals surface area contributed by atoms with E-state index in [2.05, 4.69) is 40.6 Å². The minimum Gasteiger partial charge on any atom is -0.360 e. The standard InChI is InChI=1S/C27H34N4O3S/c1-6-19-13-20(25-18(5)29-15-35-25)9-10-21(19)14-28-26(32)22-8-7-11-31(22)27(33)24(16(2)3)23-12-17(4)30-34-23/h9-10,12-13,15-16,22,24H,6-8,11,14H2,1-5H3,(H,28,32)/t22-,24+/m0/s1. The van der Waals surface area contributed by atoms with Crippen molar-refractivity contribution in [1.82, 2.24) is 20.4 Å². The molecule has 8 heteroatoms. The second kappa shape index (κ2) is 10.7. The lowest BCUT2D eigenvalue weighted by Crippen LogP contribution is -2.47. The van der Waals surface area contributed by atoms with E-state index in [0.29, 0.717) is 25.3 Å². The number of likely N-dealkylation sites (tertiary alicyclic amines) is 1. The summed E-state index contributed by atoms with van der Waals surface area (Å²) >= 11 is 1.64. The van der Waals surface area contributed by atoms with Crippen LogP contribution in [0, 0.1) is 19.8 Å². The number of amides is 2. The molecule has 0 bridgehead atoms. The Balaban J connectivity index is 1.46. The summed E-state index contributed by atoms with van der Waals surface area (Å²) in [6.07, 6.45) is 2.35. The van der Waals surface area contributed by atoms with Crippen molar-refractivity contribution >= 4 is 23.2 Å². The van der Waals surface area contributed by atoms with Crippen LogP contribution < -0.4 is 5.32 Å². The van der Waals surface area contributed by atoms with E-state index in [1.807, 2.05) is 39.3 Å². The van der Waals surface area contributed by atoms with Crippen LogP contribution in [0.1, 0.15) is 67.8 Å². The van der Waals surface area contributed by atoms with Gasteiger partial charge in [0, 0.05) is 19.2 Å². The van der Waals surface area contributed by atoms with Crippen LogP contribution in [0.5, 0.6) is 0 Å². The van der Waals surface area contributed by atoms with Crippen molar-refractivity contribution in [3.05, 3.63) is 58.1 Å². The largest absolute Gasteiger partial charge is 0.360 e. The van der Waals surface area contributed by atoms with Crippen molar-refractivity contribution in [3.8, 4) is 10.4 Å². The molecule has 1 N–H and O–H groups in total. The SMILES string of the molecule is CCc1cc(-c2scnc2C)ccc1CNC(=O)[C@@H]1CCCN1C(=O)[C@@H](c1cc(C)no1)C(C)C. The quantitative estimate of drug-likeness (QED) is 0.475. The zero-order valence-electron chi connectivity index (χ0n) is 21.1. The zero-order chi connectivity index (χ0) is 25.1. The van der Waals surface area contributed by atoms with Gasteiger partial charge in [-0.1, -0.05) is 38.1 Å². The highest BCUT2D eigenvalue weighted by Crippen LogP contribution is 2.31. The van der Waals surface area contributed by atoms with Gasteiger partial charge in [0.2, 0.25) is 11.8 Å². The monoisotopic (exact) mass is 494 g/mol. The molecular weight excluding hydrogens is 460 g/mol. The summed E-state index contributed by atoms with van der Waals surface area (Å²) in [7, 11) is 0. The fourth-order valence-electron chi connectivity index (χ4n) is 4.89. The molecule has 1 aliphatic rings. The summed E-state index contributed by atoms with van der Waals surface area (Å²) in [5.74, 6) is -0.00714. The lowest BCUT2D eigenvalue weighted by molar-refractivity contribution is -0.140. The number of hydrogen-bond acceptors (Lipinski definition) is 6. The Hall–Kier alpha value is -3.00. The molecule has 0 radical (unpaired) electrons. The van der Waals surface area contributed by atoms with E-state index in [4.69, 9.17) is 4.52 Å². The molecule has 3 heterocycles. The molecular formula is C27H34N4O3S. The molecule has 2 amide bonds. The fourth-order valence-corrected chi connectivity index (χ4v) is 5.70. The van der Waals surface area contributed by atoms with Gasteiger partial charge in [-0.3, -0.25) is 9.59 Å². The van der Waals surface area contributed by atoms with E-state index in [0.717, 1.165) is 35.4 Å². The van der Waals surface area contributed by atoms with E-state index in [1.54, 1.807) is 16.2 Å². The van der Waals surface area contributed by atoms with Crippen molar-refractivity contribution in [1.29, 1.82) is 0 Å². The molecule has 1 fully saturated rings. The van der Waals surface area contributed by atoms with Crippen LogP contribution in [0.2, 0.25) is 0 Å². The Kier molecular flexibility index (Phi) is 7.69. The summed E-state index contributed by atoms with van der Waals surface area (Å²) in [4.78, 5) is 34.0. The van der Waals surface area contributed by atoms with Crippen LogP contribution in [0.25, 0.3) is 10.4 Å². The number of hydrogen-bond donors (Lipinski definition) is 1. The van der Waals surface area contributed by atoms with Gasteiger partial charge in [0.05, 0.1) is 21.8 Å². The van der Waals surface area contributed by atoms with E-state index in [-0.39, 0.29) is 17.7 Å². The van der Waals surface area contributed by atoms with Gasteiger partial charge in [-0.2, -0.15) is 0 Å². The first kappa shape index (κ1) is 25.1. The molecule has 0 aliphatic carbocycles. The fraction of sp³-hybridized carbons (Fsp3) is 0.481. The second-order valence-electron chi connectivity index (χ2n) is 9.60. The number of aryl methyl sites for hydroxylation is 3. The lowest BCUT2D eigenvalue weighted by Gasteiger charge is -2.29. The highest BCUT2D eigenvalue weighted by atomic mass is 32.1. The third-order valence-electron chi connectivity index (χ3n) is 6.77. The summed E-state index contributed by atoms with van der Waals surface area (Å²) in [5.41, 5.74) is 7.11. The molecule has 2 aromatic heterocycles. The Morgan fingerprint density at radius 1 is 1.23 bits per heavy atom. The van der Waals surface area contributed by atoms with Gasteiger partial charge in [-0.05, 0) is 61.8 Å². The average Bonchev–Trinajstić information content (AvgIpc) is 3.58. The van der Waals surface area contributed by atoms with Gasteiger partial charge in [0.1, 0.15) is 17.7 Å². The van der Waals surface area contributed by atoms with Gasteiger partial charge in [0.15, 0.2) is 0 Å². The number of rotatable bonds is 8. The third kappa shape index (κ3) is 5.32. The van der Waals surface area contributed by atoms with Crippen LogP contribution in [0.3, 0.4) is 0 Å². The molecule has 35 heavy (non-hydrogen) atoms. The molecule has 186 valence electrons. The number of aromatic nitrogens is 2. The number of carbonyl (C=O) groups is 2. The van der Waals surface area contributed by atoms with E-state index < -0.39 is 12.0 Å². The highest BCUT2D eigenvalue weighted by molar-refractivity contribution is 7.13. The Morgan fingerprint density at radius 2 is 2.03 bits per heavy atom. The van der Waals surface area contributed by atoms with Crippen LogP contribution >= 0.6 is 11.3 Å². The first-order valence-corrected chi connectivity index (χ1v) is 13.2. The molecule has 4 rings (SSSR count). The second-order valence-corrected chi connectivity index (χ2v) is 10.5. The summed E-state index contributed by atoms with van der Waals surface area (Å²) in [6.45, 7) is 11.0. The van der Waals surface area contributed by atoms with Gasteiger partial charge in [0.25, 0.3) is 0 Å². The predicted molar refractivity (Wildman–Crippen MR) is 137 cm³/mol. The van der Waals surface area contributed by atoms with E-state index in [1.165, 1.54) is 10.4 Å². The molecule has 0 saturated carbocycles. The molecule has 7 nitrogen and oxygen atoms in total. The first-order valence-electron chi connectivity index (χ1n) is 12.3. The first-order chi connectivity index (χ1) is 16.8. The van der Waals surface area contributed by atoms with Gasteiger partial charge in [-0.25, -0.2) is 4.98 Å². The molecule has 1 saturated heterocycles. The maximum atomic E-state index is 13.5. The maximum Gasteiger partial charge on any atom is 0.243 e. The summed E-state index contributed by atoms with van der Waals surface area (Å²) in [5, 5.41) is 7.06. The van der Waals surface area contributed by atoms with Crippen LogP contribution in [-0.2, 0) is 22.6 Å². The molecule has 0 unspecified atom stereocenters. The summed E-state index contributed by atoms with van der Waals surface area (Å²) in [6, 6.07) is 7.74. The van der Waals surface area contributed by atoms with Crippen molar-refractivity contribution in [3.63, 3.8) is 0 Å². The average molecular weight is 495 g/mol. The topological polar surface area (TPSA) is 88.3 Å². The Bertz CT molecular complexity index is 1200. The van der Waals surface area contributed by atoms with E-state index >= 15 is 0 Å². The molecule has 0 spiro atoms. The molecule has 2 atom stereocenters. The van der Waals surface area contributed by atoms with Gasteiger partial charge in [-0.15, -0.1) is 11.3 Å². The number of benzene rings is 1. The van der Waals surface area contributed by atoms with Gasteiger partial charge < -0.3 is 14.7 Å². The number of thiazole rings is 1. The van der Waals surface area contributed by atoms with Crippen LogP contribution in [0.15, 0.2) is 34.3 Å². The van der Waals surface area contributed by atoms with E-state index in [9.17, 15) is 9.59 Å². The number of nitrogens with one attached hydrogen (secondary N) is 1. The number of carbonyl (C=O) groups excluding carboxylic acids is 2. The van der Waals surface area contributed by atoms with Crippen LogP contribution in [-0.4, -0.2) is 39.4 Å². The molecule has 3 aromatic rings. The minimum atomic E-state index is -0.461. The Morgan fingerprint density at radius 3 is 2.66 bits per heavy atom. The normalized spacial score (nSPS) is 16.6. The molecule has 1 aromatic carbocycles.